The number of halogens is 1. The van der Waals surface area contributed by atoms with E-state index >= 15 is 0 Å². The number of rotatable bonds is 12. The van der Waals surface area contributed by atoms with Crippen molar-refractivity contribution in [3.05, 3.63) is 41.5 Å². The molecule has 0 radical (unpaired) electrons. The van der Waals surface area contributed by atoms with Gasteiger partial charge >= 0.3 is 6.09 Å². The number of unbranched alkanes of at least 4 members (excludes halogenated alkanes) is 1. The van der Waals surface area contributed by atoms with Gasteiger partial charge in [-0.3, -0.25) is 4.79 Å². The van der Waals surface area contributed by atoms with Crippen LogP contribution in [0, 0.1) is 17.7 Å². The molecule has 11 heteroatoms. The number of ether oxygens (including phenoxy) is 2. The average molecular weight is 590 g/mol. The number of hydrogen-bond donors (Lipinski definition) is 1. The molecule has 1 aromatic carbocycles. The van der Waals surface area contributed by atoms with Gasteiger partial charge in [0.15, 0.2) is 5.69 Å². The van der Waals surface area contributed by atoms with Crippen LogP contribution in [-0.4, -0.2) is 93.0 Å². The van der Waals surface area contributed by atoms with Crippen molar-refractivity contribution in [1.82, 2.24) is 24.8 Å². The highest BCUT2D eigenvalue weighted by Gasteiger charge is 2.40. The Bertz CT molecular complexity index is 1180. The predicted molar refractivity (Wildman–Crippen MR) is 158 cm³/mol. The first-order chi connectivity index (χ1) is 19.9. The van der Waals surface area contributed by atoms with Gasteiger partial charge in [0, 0.05) is 39.3 Å². The number of amides is 2. The van der Waals surface area contributed by atoms with E-state index in [1.165, 1.54) is 10.7 Å². The van der Waals surface area contributed by atoms with Crippen LogP contribution in [0.2, 0.25) is 0 Å². The van der Waals surface area contributed by atoms with Crippen molar-refractivity contribution >= 4 is 12.0 Å². The molecule has 0 saturated carbocycles. The van der Waals surface area contributed by atoms with Crippen LogP contribution in [0.3, 0.4) is 0 Å². The summed E-state index contributed by atoms with van der Waals surface area (Å²) in [5.41, 5.74) is 0.235. The minimum absolute atomic E-state index is 0.118. The molecule has 10 nitrogen and oxygen atoms in total. The normalized spacial score (nSPS) is 18.3. The summed E-state index contributed by atoms with van der Waals surface area (Å²) in [7, 11) is 1.64. The highest BCUT2D eigenvalue weighted by atomic mass is 19.1. The molecular formula is C31H48FN5O5. The molecular weight excluding hydrogens is 541 g/mol. The minimum atomic E-state index is -0.681. The number of hydrogen-bond acceptors (Lipinski definition) is 7. The van der Waals surface area contributed by atoms with E-state index in [2.05, 4.69) is 10.3 Å². The lowest BCUT2D eigenvalue weighted by molar-refractivity contribution is -0.0185. The van der Waals surface area contributed by atoms with Crippen molar-refractivity contribution in [2.45, 2.75) is 91.4 Å². The molecule has 1 aromatic heterocycles. The van der Waals surface area contributed by atoms with Crippen molar-refractivity contribution in [3.8, 4) is 5.69 Å². The Morgan fingerprint density at radius 1 is 1.19 bits per heavy atom. The molecule has 1 fully saturated rings. The summed E-state index contributed by atoms with van der Waals surface area (Å²) >= 11 is 0. The summed E-state index contributed by atoms with van der Waals surface area (Å²) in [5.74, 6) is -0.900. The number of aromatic nitrogens is 3. The molecule has 3 atom stereocenters. The van der Waals surface area contributed by atoms with E-state index in [1.54, 1.807) is 35.1 Å². The lowest BCUT2D eigenvalue weighted by Crippen LogP contribution is -2.57. The number of likely N-dealkylation sites (tertiary alicyclic amines) is 1. The molecule has 1 aliphatic heterocycles. The van der Waals surface area contributed by atoms with E-state index in [0.29, 0.717) is 51.1 Å². The summed E-state index contributed by atoms with van der Waals surface area (Å²) in [4.78, 5) is 30.9. The monoisotopic (exact) mass is 589 g/mol. The van der Waals surface area contributed by atoms with Gasteiger partial charge in [0.1, 0.15) is 17.1 Å². The van der Waals surface area contributed by atoms with Crippen molar-refractivity contribution in [2.75, 3.05) is 33.4 Å². The lowest BCUT2D eigenvalue weighted by atomic mass is 9.87. The topological polar surface area (TPSA) is 110 Å². The van der Waals surface area contributed by atoms with Crippen molar-refractivity contribution < 1.29 is 28.6 Å². The molecule has 0 aliphatic carbocycles. The molecule has 1 aliphatic rings. The van der Waals surface area contributed by atoms with Gasteiger partial charge in [0.25, 0.3) is 5.91 Å². The van der Waals surface area contributed by atoms with Crippen LogP contribution in [0.25, 0.3) is 5.69 Å². The molecule has 2 heterocycles. The van der Waals surface area contributed by atoms with Crippen molar-refractivity contribution in [1.29, 1.82) is 0 Å². The second-order valence-electron chi connectivity index (χ2n) is 12.6. The number of aliphatic hydroxyl groups excluding tert-OH is 1. The highest BCUT2D eigenvalue weighted by molar-refractivity contribution is 5.93. The van der Waals surface area contributed by atoms with Crippen LogP contribution in [-0.2, 0) is 15.9 Å². The first-order valence-electron chi connectivity index (χ1n) is 15.0. The molecule has 3 rings (SSSR count). The molecule has 1 N–H and O–H groups in total. The minimum Gasteiger partial charge on any atom is -0.444 e. The predicted octanol–water partition coefficient (Wildman–Crippen LogP) is 4.87. The Labute approximate surface area is 249 Å². The van der Waals surface area contributed by atoms with Crippen molar-refractivity contribution in [2.24, 2.45) is 11.8 Å². The molecule has 234 valence electrons. The zero-order chi connectivity index (χ0) is 31.0. The van der Waals surface area contributed by atoms with E-state index in [9.17, 15) is 19.1 Å². The van der Waals surface area contributed by atoms with Crippen molar-refractivity contribution in [3.63, 3.8) is 0 Å². The van der Waals surface area contributed by atoms with Crippen LogP contribution in [0.4, 0.5) is 9.18 Å². The molecule has 2 amide bonds. The Morgan fingerprint density at radius 2 is 1.90 bits per heavy atom. The summed E-state index contributed by atoms with van der Waals surface area (Å²) in [6.45, 7) is 13.0. The Hall–Kier alpha value is -3.05. The third-order valence-corrected chi connectivity index (χ3v) is 7.40. The number of methoxy groups -OCH3 is 1. The second kappa shape index (κ2) is 14.9. The van der Waals surface area contributed by atoms with Gasteiger partial charge in [-0.05, 0) is 70.9 Å². The van der Waals surface area contributed by atoms with E-state index in [4.69, 9.17) is 9.47 Å². The molecule has 1 unspecified atom stereocenters. The van der Waals surface area contributed by atoms with Gasteiger partial charge in [-0.15, -0.1) is 5.10 Å². The second-order valence-corrected chi connectivity index (χ2v) is 12.6. The fourth-order valence-electron chi connectivity index (χ4n) is 5.40. The number of carbonyl (C=O) groups excluding carboxylic acids is 2. The number of nitrogens with zero attached hydrogens (tertiary/aromatic N) is 5. The van der Waals surface area contributed by atoms with E-state index in [-0.39, 0.29) is 41.7 Å². The van der Waals surface area contributed by atoms with Crippen LogP contribution in [0.5, 0.6) is 0 Å². The first-order valence-corrected chi connectivity index (χ1v) is 15.0. The van der Waals surface area contributed by atoms with Crippen LogP contribution in [0.15, 0.2) is 24.3 Å². The number of aliphatic hydroxyl groups is 1. The summed E-state index contributed by atoms with van der Waals surface area (Å²) in [6, 6.07) is 5.90. The summed E-state index contributed by atoms with van der Waals surface area (Å²) in [5, 5.41) is 19.4. The fraction of sp³-hybridized carbons (Fsp3) is 0.677. The Balaban J connectivity index is 2.01. The molecule has 0 spiro atoms. The molecule has 2 aromatic rings. The van der Waals surface area contributed by atoms with Gasteiger partial charge in [0.05, 0.1) is 17.8 Å². The number of piperidine rings is 1. The molecule has 1 saturated heterocycles. The zero-order valence-corrected chi connectivity index (χ0v) is 26.2. The fourth-order valence-corrected chi connectivity index (χ4v) is 5.40. The quantitative estimate of drug-likeness (QED) is 0.352. The molecule has 0 bridgehead atoms. The third-order valence-electron chi connectivity index (χ3n) is 7.40. The standard InChI is InChI=1S/C31H48FN5O5/c1-8-27(38)22-17-23(20-35(19-22)30(40)42-31(4,5)6)36(18-21(2)3)29(39)28-26(15-11-12-16-41-7)37(34-33-28)25-14-10-9-13-24(25)32/h9-10,13-14,21-23,27,38H,8,11-12,15-20H2,1-7H3/t22-,23+,27?/m1/s1. The third kappa shape index (κ3) is 8.73. The number of carbonyl (C=O) groups is 2. The SMILES string of the molecule is CCC(O)[C@@H]1C[C@H](N(CC(C)C)C(=O)c2nnn(-c3ccccc3F)c2CCCCOC)CN(C(=O)OC(C)(C)C)C1. The molecule has 42 heavy (non-hydrogen) atoms. The van der Waals surface area contributed by atoms with Crippen LogP contribution in [0.1, 0.15) is 83.4 Å². The largest absolute Gasteiger partial charge is 0.444 e. The lowest BCUT2D eigenvalue weighted by Gasteiger charge is -2.44. The zero-order valence-electron chi connectivity index (χ0n) is 26.2. The average Bonchev–Trinajstić information content (AvgIpc) is 3.35. The van der Waals surface area contributed by atoms with Gasteiger partial charge in [-0.1, -0.05) is 38.1 Å². The van der Waals surface area contributed by atoms with E-state index < -0.39 is 23.6 Å². The summed E-state index contributed by atoms with van der Waals surface area (Å²) < 4.78 is 27.1. The van der Waals surface area contributed by atoms with Crippen LogP contribution < -0.4 is 0 Å². The van der Waals surface area contributed by atoms with E-state index in [1.807, 2.05) is 41.5 Å². The van der Waals surface area contributed by atoms with Gasteiger partial charge < -0.3 is 24.4 Å². The maximum atomic E-state index is 14.8. The van der Waals surface area contributed by atoms with Gasteiger partial charge in [-0.2, -0.15) is 0 Å². The smallest absolute Gasteiger partial charge is 0.410 e. The Morgan fingerprint density at radius 3 is 2.52 bits per heavy atom. The van der Waals surface area contributed by atoms with Gasteiger partial charge in [0.2, 0.25) is 0 Å². The first kappa shape index (κ1) is 33.5. The van der Waals surface area contributed by atoms with E-state index in [0.717, 1.165) is 6.42 Å². The van der Waals surface area contributed by atoms with Gasteiger partial charge in [-0.25, -0.2) is 13.9 Å². The number of para-hydroxylation sites is 1. The maximum Gasteiger partial charge on any atom is 0.410 e. The summed E-state index contributed by atoms with van der Waals surface area (Å²) in [6.07, 6.45) is 1.85. The number of benzene rings is 1. The maximum absolute atomic E-state index is 14.8. The van der Waals surface area contributed by atoms with Crippen LogP contribution >= 0.6 is 0 Å². The Kier molecular flexibility index (Phi) is 11.9. The highest BCUT2D eigenvalue weighted by Crippen LogP contribution is 2.29.